The Morgan fingerprint density at radius 3 is 1.67 bits per heavy atom. The highest BCUT2D eigenvalue weighted by atomic mass is 28.3. The van der Waals surface area contributed by atoms with E-state index in [0.29, 0.717) is 0 Å². The van der Waals surface area contributed by atoms with Gasteiger partial charge in [-0.25, -0.2) is 0 Å². The highest BCUT2D eigenvalue weighted by Crippen LogP contribution is 2.39. The monoisotopic (exact) mass is 222 g/mol. The van der Waals surface area contributed by atoms with Crippen LogP contribution in [-0.4, -0.2) is 8.07 Å². The topological polar surface area (TPSA) is 0 Å². The molecule has 0 amide bonds. The molecule has 86 valence electrons. The van der Waals surface area contributed by atoms with E-state index < -0.39 is 8.07 Å². The molecule has 1 fully saturated rings. The Labute approximate surface area is 96.5 Å². The fourth-order valence-corrected chi connectivity index (χ4v) is 5.29. The number of unbranched alkanes of at least 4 members (excludes halogenated alkanes) is 2. The lowest BCUT2D eigenvalue weighted by Crippen LogP contribution is -2.18. The lowest BCUT2D eigenvalue weighted by Gasteiger charge is -2.10. The third-order valence-corrected chi connectivity index (χ3v) is 5.79. The van der Waals surface area contributed by atoms with Crippen LogP contribution in [-0.2, 0) is 0 Å². The summed E-state index contributed by atoms with van der Waals surface area (Å²) < 4.78 is 0. The van der Waals surface area contributed by atoms with Gasteiger partial charge < -0.3 is 0 Å². The fraction of sp³-hybridized carbons (Fsp3) is 0.714. The average molecular weight is 222 g/mol. The largest absolute Gasteiger partial charge is 0.0814 e. The molecule has 15 heavy (non-hydrogen) atoms. The molecule has 0 bridgehead atoms. The molecule has 0 aromatic carbocycles. The maximum Gasteiger partial charge on any atom is 0.0561 e. The van der Waals surface area contributed by atoms with Crippen LogP contribution in [0.25, 0.3) is 0 Å². The molecule has 1 rings (SSSR count). The predicted octanol–water partition coefficient (Wildman–Crippen LogP) is 5.16. The van der Waals surface area contributed by atoms with Crippen molar-refractivity contribution in [3.05, 3.63) is 23.3 Å². The van der Waals surface area contributed by atoms with Crippen LogP contribution in [0, 0.1) is 0 Å². The van der Waals surface area contributed by atoms with Gasteiger partial charge in [-0.3, -0.25) is 0 Å². The van der Waals surface area contributed by atoms with Crippen molar-refractivity contribution in [2.24, 2.45) is 0 Å². The first-order valence-electron chi connectivity index (χ1n) is 6.47. The van der Waals surface area contributed by atoms with Gasteiger partial charge in [-0.1, -0.05) is 63.1 Å². The van der Waals surface area contributed by atoms with Gasteiger partial charge in [0, 0.05) is 0 Å². The van der Waals surface area contributed by atoms with E-state index in [1.165, 1.54) is 37.8 Å². The van der Waals surface area contributed by atoms with Crippen molar-refractivity contribution in [3.63, 3.8) is 0 Å². The molecule has 1 aliphatic heterocycles. The summed E-state index contributed by atoms with van der Waals surface area (Å²) >= 11 is 0. The first-order chi connectivity index (χ1) is 7.09. The molecule has 0 N–H and O–H groups in total. The van der Waals surface area contributed by atoms with Crippen molar-refractivity contribution in [1.82, 2.24) is 0 Å². The zero-order valence-corrected chi connectivity index (χ0v) is 11.9. The van der Waals surface area contributed by atoms with Crippen molar-refractivity contribution in [2.75, 3.05) is 0 Å². The molecule has 0 spiro atoms. The Bertz CT molecular complexity index is 233. The van der Waals surface area contributed by atoms with Crippen LogP contribution >= 0.6 is 0 Å². The van der Waals surface area contributed by atoms with E-state index >= 15 is 0 Å². The second-order valence-corrected chi connectivity index (χ2v) is 10.6. The van der Waals surface area contributed by atoms with E-state index in [2.05, 4.69) is 39.1 Å². The molecule has 0 radical (unpaired) electrons. The van der Waals surface area contributed by atoms with Crippen molar-refractivity contribution in [3.8, 4) is 0 Å². The molecule has 0 nitrogen and oxygen atoms in total. The van der Waals surface area contributed by atoms with Gasteiger partial charge in [0.05, 0.1) is 8.07 Å². The Hall–Kier alpha value is -0.303. The van der Waals surface area contributed by atoms with E-state index in [-0.39, 0.29) is 0 Å². The van der Waals surface area contributed by atoms with Gasteiger partial charge in [0.15, 0.2) is 0 Å². The van der Waals surface area contributed by atoms with Gasteiger partial charge in [-0.05, 0) is 24.9 Å². The summed E-state index contributed by atoms with van der Waals surface area (Å²) in [6.07, 6.45) is 10.1. The van der Waals surface area contributed by atoms with E-state index in [0.717, 1.165) is 0 Å². The zero-order valence-electron chi connectivity index (χ0n) is 10.9. The summed E-state index contributed by atoms with van der Waals surface area (Å²) in [6.45, 7) is 9.59. The molecule has 0 saturated carbocycles. The summed E-state index contributed by atoms with van der Waals surface area (Å²) in [5.41, 5.74) is 3.39. The Morgan fingerprint density at radius 2 is 1.33 bits per heavy atom. The third-order valence-electron chi connectivity index (χ3n) is 3.11. The quantitative estimate of drug-likeness (QED) is 0.576. The Morgan fingerprint density at radius 1 is 0.933 bits per heavy atom. The van der Waals surface area contributed by atoms with E-state index in [9.17, 15) is 0 Å². The molecular formula is C14H26Si. The Kier molecular flexibility index (Phi) is 4.84. The van der Waals surface area contributed by atoms with E-state index in [4.69, 9.17) is 0 Å². The minimum atomic E-state index is -0.903. The highest BCUT2D eigenvalue weighted by molar-refractivity contribution is 6.79. The van der Waals surface area contributed by atoms with Crippen LogP contribution in [0.3, 0.4) is 0 Å². The molecule has 1 aliphatic rings. The minimum absolute atomic E-state index is 0.903. The molecule has 0 aliphatic carbocycles. The summed E-state index contributed by atoms with van der Waals surface area (Å²) in [5, 5.41) is 0. The SMILES string of the molecule is CCC/C=C1\C[Si](C)(C)C\C1=C\CCC. The fourth-order valence-electron chi connectivity index (χ4n) is 2.36. The molecule has 1 saturated heterocycles. The van der Waals surface area contributed by atoms with Crippen molar-refractivity contribution < 1.29 is 0 Å². The van der Waals surface area contributed by atoms with Gasteiger partial charge >= 0.3 is 0 Å². The third kappa shape index (κ3) is 3.98. The highest BCUT2D eigenvalue weighted by Gasteiger charge is 2.31. The maximum absolute atomic E-state index is 2.53. The number of rotatable bonds is 4. The van der Waals surface area contributed by atoms with Gasteiger partial charge in [-0.2, -0.15) is 0 Å². The summed E-state index contributed by atoms with van der Waals surface area (Å²) in [7, 11) is -0.903. The van der Waals surface area contributed by atoms with Crippen LogP contribution < -0.4 is 0 Å². The lowest BCUT2D eigenvalue weighted by molar-refractivity contribution is 0.940. The molecule has 0 aromatic heterocycles. The first-order valence-corrected chi connectivity index (χ1v) is 9.89. The molecule has 0 aromatic rings. The lowest BCUT2D eigenvalue weighted by atomic mass is 10.1. The van der Waals surface area contributed by atoms with Crippen LogP contribution in [0.15, 0.2) is 23.3 Å². The number of hydrogen-bond donors (Lipinski definition) is 0. The number of allylic oxidation sites excluding steroid dienone is 4. The Balaban J connectivity index is 2.74. The van der Waals surface area contributed by atoms with Gasteiger partial charge in [0.1, 0.15) is 0 Å². The van der Waals surface area contributed by atoms with E-state index in [1.54, 1.807) is 11.1 Å². The number of hydrogen-bond acceptors (Lipinski definition) is 0. The van der Waals surface area contributed by atoms with Crippen molar-refractivity contribution in [2.45, 2.75) is 64.7 Å². The average Bonchev–Trinajstić information content (AvgIpc) is 2.47. The molecule has 0 unspecified atom stereocenters. The first kappa shape index (κ1) is 12.8. The summed E-state index contributed by atoms with van der Waals surface area (Å²) in [6, 6.07) is 2.84. The zero-order chi connectivity index (χ0) is 11.3. The molecule has 1 heterocycles. The normalized spacial score (nSPS) is 25.3. The van der Waals surface area contributed by atoms with Crippen molar-refractivity contribution >= 4 is 8.07 Å². The smallest absolute Gasteiger partial charge is 0.0561 e. The molecular weight excluding hydrogens is 196 g/mol. The summed E-state index contributed by atoms with van der Waals surface area (Å²) in [5.74, 6) is 0. The van der Waals surface area contributed by atoms with Crippen LogP contribution in [0.1, 0.15) is 39.5 Å². The van der Waals surface area contributed by atoms with Crippen molar-refractivity contribution in [1.29, 1.82) is 0 Å². The predicted molar refractivity (Wildman–Crippen MR) is 73.1 cm³/mol. The van der Waals surface area contributed by atoms with E-state index in [1.807, 2.05) is 0 Å². The molecule has 0 atom stereocenters. The van der Waals surface area contributed by atoms with Gasteiger partial charge in [0.25, 0.3) is 0 Å². The van der Waals surface area contributed by atoms with Crippen LogP contribution in [0.2, 0.25) is 25.2 Å². The van der Waals surface area contributed by atoms with Gasteiger partial charge in [0.2, 0.25) is 0 Å². The van der Waals surface area contributed by atoms with Gasteiger partial charge in [-0.15, -0.1) is 0 Å². The maximum atomic E-state index is 2.53. The molecule has 1 heteroatoms. The minimum Gasteiger partial charge on any atom is -0.0814 e. The van der Waals surface area contributed by atoms with Crippen LogP contribution in [0.5, 0.6) is 0 Å². The van der Waals surface area contributed by atoms with Crippen LogP contribution in [0.4, 0.5) is 0 Å². The summed E-state index contributed by atoms with van der Waals surface area (Å²) in [4.78, 5) is 0. The second-order valence-electron chi connectivity index (χ2n) is 5.55. The standard InChI is InChI=1S/C14H26Si/c1-5-7-9-13-11-15(3,4)12-14(13)10-8-6-2/h9-10H,5-8,11-12H2,1-4H3/b13-9-,14-10+. The second kappa shape index (κ2) is 5.69.